The SMILES string of the molecule is Cc1ccc(NC(=O)OCc2ccc(-c3cncnc3)cc2)cc1C. The molecular weight excluding hydrogens is 314 g/mol. The lowest BCUT2D eigenvalue weighted by Crippen LogP contribution is -2.13. The van der Waals surface area contributed by atoms with E-state index in [9.17, 15) is 4.79 Å². The Kier molecular flexibility index (Phi) is 5.04. The summed E-state index contributed by atoms with van der Waals surface area (Å²) in [5.74, 6) is 0. The zero-order chi connectivity index (χ0) is 17.6. The molecule has 1 amide bonds. The van der Waals surface area contributed by atoms with Crippen molar-refractivity contribution in [3.63, 3.8) is 0 Å². The Labute approximate surface area is 146 Å². The Bertz CT molecular complexity index is 862. The largest absolute Gasteiger partial charge is 0.444 e. The second-order valence-corrected chi connectivity index (χ2v) is 5.82. The predicted octanol–water partition coefficient (Wildman–Crippen LogP) is 4.51. The number of ether oxygens (including phenoxy) is 1. The molecular formula is C20H19N3O2. The average Bonchev–Trinajstić information content (AvgIpc) is 2.64. The van der Waals surface area contributed by atoms with E-state index < -0.39 is 6.09 Å². The third kappa shape index (κ3) is 4.41. The van der Waals surface area contributed by atoms with Crippen LogP contribution in [-0.2, 0) is 11.3 Å². The Balaban J connectivity index is 1.56. The predicted molar refractivity (Wildman–Crippen MR) is 97.2 cm³/mol. The molecule has 0 saturated heterocycles. The van der Waals surface area contributed by atoms with E-state index in [4.69, 9.17) is 4.74 Å². The molecule has 0 aliphatic heterocycles. The van der Waals surface area contributed by atoms with Crippen molar-refractivity contribution in [3.8, 4) is 11.1 Å². The molecule has 2 aromatic carbocycles. The van der Waals surface area contributed by atoms with Crippen LogP contribution < -0.4 is 5.32 Å². The van der Waals surface area contributed by atoms with E-state index in [1.165, 1.54) is 11.9 Å². The number of benzene rings is 2. The molecule has 3 rings (SSSR count). The van der Waals surface area contributed by atoms with E-state index in [0.717, 1.165) is 27.9 Å². The van der Waals surface area contributed by atoms with Crippen molar-refractivity contribution in [2.45, 2.75) is 20.5 Å². The number of amides is 1. The highest BCUT2D eigenvalue weighted by molar-refractivity contribution is 5.84. The van der Waals surface area contributed by atoms with Crippen LogP contribution in [0.15, 0.2) is 61.2 Å². The molecule has 1 heterocycles. The molecule has 0 saturated carbocycles. The van der Waals surface area contributed by atoms with E-state index in [2.05, 4.69) is 15.3 Å². The fourth-order valence-electron chi connectivity index (χ4n) is 2.36. The van der Waals surface area contributed by atoms with Crippen LogP contribution in [0.1, 0.15) is 16.7 Å². The highest BCUT2D eigenvalue weighted by Crippen LogP contribution is 2.18. The minimum atomic E-state index is -0.469. The normalized spacial score (nSPS) is 10.3. The van der Waals surface area contributed by atoms with Crippen LogP contribution in [-0.4, -0.2) is 16.1 Å². The number of carbonyl (C=O) groups is 1. The van der Waals surface area contributed by atoms with E-state index >= 15 is 0 Å². The molecule has 0 aliphatic rings. The molecule has 0 fully saturated rings. The maximum Gasteiger partial charge on any atom is 0.411 e. The molecule has 126 valence electrons. The van der Waals surface area contributed by atoms with Gasteiger partial charge in [-0.15, -0.1) is 0 Å². The van der Waals surface area contributed by atoms with Gasteiger partial charge in [0.25, 0.3) is 0 Å². The Morgan fingerprint density at radius 2 is 1.68 bits per heavy atom. The number of aromatic nitrogens is 2. The summed E-state index contributed by atoms with van der Waals surface area (Å²) in [6.07, 6.45) is 4.55. The molecule has 1 aromatic heterocycles. The zero-order valence-electron chi connectivity index (χ0n) is 14.2. The summed E-state index contributed by atoms with van der Waals surface area (Å²) in [6.45, 7) is 4.25. The second-order valence-electron chi connectivity index (χ2n) is 5.82. The summed E-state index contributed by atoms with van der Waals surface area (Å²) in [5.41, 5.74) is 5.91. The molecule has 0 bridgehead atoms. The number of rotatable bonds is 4. The van der Waals surface area contributed by atoms with Crippen LogP contribution in [0.25, 0.3) is 11.1 Å². The summed E-state index contributed by atoms with van der Waals surface area (Å²) in [7, 11) is 0. The van der Waals surface area contributed by atoms with Gasteiger partial charge in [0.1, 0.15) is 12.9 Å². The van der Waals surface area contributed by atoms with Gasteiger partial charge in [-0.1, -0.05) is 30.3 Å². The third-order valence-corrected chi connectivity index (χ3v) is 3.97. The van der Waals surface area contributed by atoms with Gasteiger partial charge in [-0.25, -0.2) is 14.8 Å². The first-order chi connectivity index (χ1) is 12.1. The van der Waals surface area contributed by atoms with E-state index in [1.807, 2.05) is 56.3 Å². The van der Waals surface area contributed by atoms with Crippen LogP contribution in [0, 0.1) is 13.8 Å². The van der Waals surface area contributed by atoms with Crippen molar-refractivity contribution in [2.24, 2.45) is 0 Å². The van der Waals surface area contributed by atoms with Gasteiger partial charge in [-0.05, 0) is 48.2 Å². The van der Waals surface area contributed by atoms with Gasteiger partial charge in [-0.2, -0.15) is 0 Å². The van der Waals surface area contributed by atoms with Gasteiger partial charge in [0.05, 0.1) is 0 Å². The lowest BCUT2D eigenvalue weighted by atomic mass is 10.1. The minimum absolute atomic E-state index is 0.211. The van der Waals surface area contributed by atoms with Crippen LogP contribution in [0.5, 0.6) is 0 Å². The lowest BCUT2D eigenvalue weighted by molar-refractivity contribution is 0.155. The molecule has 0 radical (unpaired) electrons. The number of anilines is 1. The molecule has 5 nitrogen and oxygen atoms in total. The minimum Gasteiger partial charge on any atom is -0.444 e. The highest BCUT2D eigenvalue weighted by Gasteiger charge is 2.05. The summed E-state index contributed by atoms with van der Waals surface area (Å²) < 4.78 is 5.27. The van der Waals surface area contributed by atoms with Crippen molar-refractivity contribution in [1.29, 1.82) is 0 Å². The van der Waals surface area contributed by atoms with Gasteiger partial charge < -0.3 is 4.74 Å². The van der Waals surface area contributed by atoms with Crippen LogP contribution >= 0.6 is 0 Å². The molecule has 0 atom stereocenters. The fraction of sp³-hybridized carbons (Fsp3) is 0.150. The summed E-state index contributed by atoms with van der Waals surface area (Å²) in [5, 5.41) is 2.74. The van der Waals surface area contributed by atoms with E-state index in [-0.39, 0.29) is 6.61 Å². The Morgan fingerprint density at radius 3 is 2.36 bits per heavy atom. The molecule has 1 N–H and O–H groups in total. The number of carbonyl (C=O) groups excluding carboxylic acids is 1. The smallest absolute Gasteiger partial charge is 0.411 e. The number of aryl methyl sites for hydroxylation is 2. The molecule has 0 aliphatic carbocycles. The molecule has 3 aromatic rings. The Hall–Kier alpha value is -3.21. The summed E-state index contributed by atoms with van der Waals surface area (Å²) in [4.78, 5) is 19.9. The topological polar surface area (TPSA) is 64.1 Å². The van der Waals surface area contributed by atoms with Crippen molar-refractivity contribution in [1.82, 2.24) is 9.97 Å². The lowest BCUT2D eigenvalue weighted by Gasteiger charge is -2.09. The quantitative estimate of drug-likeness (QED) is 0.763. The second kappa shape index (κ2) is 7.57. The standard InChI is InChI=1S/C20H19N3O2/c1-14-3-8-19(9-15(14)2)23-20(24)25-12-16-4-6-17(7-5-16)18-10-21-13-22-11-18/h3-11,13H,12H2,1-2H3,(H,23,24). The maximum atomic E-state index is 11.9. The first kappa shape index (κ1) is 16.6. The summed E-state index contributed by atoms with van der Waals surface area (Å²) in [6, 6.07) is 13.5. The number of hydrogen-bond acceptors (Lipinski definition) is 4. The van der Waals surface area contributed by atoms with Gasteiger partial charge in [-0.3, -0.25) is 5.32 Å². The highest BCUT2D eigenvalue weighted by atomic mass is 16.5. The van der Waals surface area contributed by atoms with Crippen molar-refractivity contribution in [3.05, 3.63) is 77.9 Å². The number of hydrogen-bond donors (Lipinski definition) is 1. The molecule has 0 unspecified atom stereocenters. The van der Waals surface area contributed by atoms with Gasteiger partial charge >= 0.3 is 6.09 Å². The Morgan fingerprint density at radius 1 is 0.960 bits per heavy atom. The van der Waals surface area contributed by atoms with Crippen LogP contribution in [0.2, 0.25) is 0 Å². The third-order valence-electron chi connectivity index (χ3n) is 3.97. The van der Waals surface area contributed by atoms with Crippen LogP contribution in [0.4, 0.5) is 10.5 Å². The van der Waals surface area contributed by atoms with Crippen molar-refractivity contribution in [2.75, 3.05) is 5.32 Å². The molecule has 25 heavy (non-hydrogen) atoms. The number of nitrogens with one attached hydrogen (secondary N) is 1. The number of nitrogens with zero attached hydrogens (tertiary/aromatic N) is 2. The van der Waals surface area contributed by atoms with Crippen molar-refractivity contribution >= 4 is 11.8 Å². The summed E-state index contributed by atoms with van der Waals surface area (Å²) >= 11 is 0. The van der Waals surface area contributed by atoms with Gasteiger partial charge in [0.15, 0.2) is 0 Å². The monoisotopic (exact) mass is 333 g/mol. The fourth-order valence-corrected chi connectivity index (χ4v) is 2.36. The zero-order valence-corrected chi connectivity index (χ0v) is 14.2. The van der Waals surface area contributed by atoms with E-state index in [1.54, 1.807) is 12.4 Å². The maximum absolute atomic E-state index is 11.9. The van der Waals surface area contributed by atoms with Gasteiger partial charge in [0, 0.05) is 23.6 Å². The first-order valence-corrected chi connectivity index (χ1v) is 7.97. The molecule has 5 heteroatoms. The average molecular weight is 333 g/mol. The van der Waals surface area contributed by atoms with Gasteiger partial charge in [0.2, 0.25) is 0 Å². The molecule has 0 spiro atoms. The van der Waals surface area contributed by atoms with Crippen LogP contribution in [0.3, 0.4) is 0 Å². The first-order valence-electron chi connectivity index (χ1n) is 7.97. The van der Waals surface area contributed by atoms with E-state index in [0.29, 0.717) is 0 Å². The van der Waals surface area contributed by atoms with Crippen molar-refractivity contribution < 1.29 is 9.53 Å².